The van der Waals surface area contributed by atoms with Crippen LogP contribution >= 0.6 is 0 Å². The number of amides is 1. The largest absolute Gasteiger partial charge is 0.439 e. The van der Waals surface area contributed by atoms with Gasteiger partial charge in [0.15, 0.2) is 0 Å². The maximum Gasteiger partial charge on any atom is 0.410 e. The van der Waals surface area contributed by atoms with E-state index in [9.17, 15) is 4.79 Å². The molecule has 1 N–H and O–H groups in total. The summed E-state index contributed by atoms with van der Waals surface area (Å²) >= 11 is 0. The van der Waals surface area contributed by atoms with Gasteiger partial charge in [0, 0.05) is 25.7 Å². The van der Waals surface area contributed by atoms with Crippen molar-refractivity contribution in [2.75, 3.05) is 36.9 Å². The van der Waals surface area contributed by atoms with Gasteiger partial charge in [0.25, 0.3) is 0 Å². The molecule has 0 saturated carbocycles. The summed E-state index contributed by atoms with van der Waals surface area (Å²) in [4.78, 5) is 24.2. The first-order chi connectivity index (χ1) is 10.5. The number of hydrogen-bond acceptors (Lipinski definition) is 6. The molecule has 1 spiro atoms. The van der Waals surface area contributed by atoms with Crippen molar-refractivity contribution in [3.8, 4) is 0 Å². The van der Waals surface area contributed by atoms with Crippen LogP contribution in [0.5, 0.6) is 0 Å². The molecule has 0 unspecified atom stereocenters. The maximum absolute atomic E-state index is 11.7. The lowest BCUT2D eigenvalue weighted by Crippen LogP contribution is -2.50. The van der Waals surface area contributed by atoms with Gasteiger partial charge >= 0.3 is 6.09 Å². The maximum atomic E-state index is 11.7. The Balaban J connectivity index is 1.76. The van der Waals surface area contributed by atoms with Crippen LogP contribution in [0.2, 0.25) is 0 Å². The molecule has 3 heterocycles. The molecule has 0 bridgehead atoms. The first kappa shape index (κ1) is 14.9. The lowest BCUT2D eigenvalue weighted by Gasteiger charge is -2.39. The average Bonchev–Trinajstić information content (AvgIpc) is 2.72. The number of hydrogen-bond donors (Lipinski definition) is 1. The second-order valence-electron chi connectivity index (χ2n) is 6.49. The van der Waals surface area contributed by atoms with Gasteiger partial charge in [-0.3, -0.25) is 0 Å². The zero-order valence-corrected chi connectivity index (χ0v) is 13.4. The highest BCUT2D eigenvalue weighted by molar-refractivity contribution is 5.70. The van der Waals surface area contributed by atoms with E-state index in [0.29, 0.717) is 19.1 Å². The fourth-order valence-corrected chi connectivity index (χ4v) is 3.19. The van der Waals surface area contributed by atoms with E-state index in [0.717, 1.165) is 31.0 Å². The van der Waals surface area contributed by atoms with E-state index in [2.05, 4.69) is 34.0 Å². The highest BCUT2D eigenvalue weighted by atomic mass is 16.6. The number of carbonyl (C=O) groups is 1. The second-order valence-corrected chi connectivity index (χ2v) is 6.49. The molecule has 1 amide bonds. The van der Waals surface area contributed by atoms with Crippen LogP contribution in [-0.4, -0.2) is 59.3 Å². The SMILES string of the molecule is CC(C)Nc1cc(N2CCC[C@]3(CN(C)C(=O)O3)C2)ncn1. The van der Waals surface area contributed by atoms with E-state index in [1.54, 1.807) is 18.3 Å². The third-order valence-corrected chi connectivity index (χ3v) is 4.09. The van der Waals surface area contributed by atoms with E-state index in [4.69, 9.17) is 4.74 Å². The zero-order chi connectivity index (χ0) is 15.7. The Morgan fingerprint density at radius 1 is 1.36 bits per heavy atom. The number of aromatic nitrogens is 2. The van der Waals surface area contributed by atoms with E-state index in [1.807, 2.05) is 6.07 Å². The number of piperidine rings is 1. The first-order valence-corrected chi connectivity index (χ1v) is 7.75. The fourth-order valence-electron chi connectivity index (χ4n) is 3.19. The van der Waals surface area contributed by atoms with Crippen molar-refractivity contribution in [2.45, 2.75) is 38.3 Å². The Morgan fingerprint density at radius 2 is 2.18 bits per heavy atom. The monoisotopic (exact) mass is 305 g/mol. The van der Waals surface area contributed by atoms with Gasteiger partial charge in [0.2, 0.25) is 0 Å². The fraction of sp³-hybridized carbons (Fsp3) is 0.667. The van der Waals surface area contributed by atoms with Crippen molar-refractivity contribution in [3.05, 3.63) is 12.4 Å². The number of carbonyl (C=O) groups excluding carboxylic acids is 1. The van der Waals surface area contributed by atoms with Gasteiger partial charge in [0.05, 0.1) is 13.1 Å². The molecule has 120 valence electrons. The van der Waals surface area contributed by atoms with Crippen LogP contribution in [0.25, 0.3) is 0 Å². The third kappa shape index (κ3) is 2.93. The third-order valence-electron chi connectivity index (χ3n) is 4.09. The minimum atomic E-state index is -0.402. The quantitative estimate of drug-likeness (QED) is 0.917. The van der Waals surface area contributed by atoms with Crippen molar-refractivity contribution in [1.29, 1.82) is 0 Å². The van der Waals surface area contributed by atoms with Gasteiger partial charge in [-0.1, -0.05) is 0 Å². The molecule has 2 fully saturated rings. The lowest BCUT2D eigenvalue weighted by atomic mass is 9.93. The first-order valence-electron chi connectivity index (χ1n) is 7.75. The zero-order valence-electron chi connectivity index (χ0n) is 13.4. The normalized spacial score (nSPS) is 25.0. The Hall–Kier alpha value is -2.05. The molecule has 3 rings (SSSR count). The number of anilines is 2. The molecular weight excluding hydrogens is 282 g/mol. The molecular formula is C15H23N5O2. The molecule has 7 heteroatoms. The number of rotatable bonds is 3. The van der Waals surface area contributed by atoms with Crippen LogP contribution in [0.1, 0.15) is 26.7 Å². The second kappa shape index (κ2) is 5.62. The molecule has 1 aromatic heterocycles. The van der Waals surface area contributed by atoms with Gasteiger partial charge in [-0.05, 0) is 26.7 Å². The number of nitrogens with one attached hydrogen (secondary N) is 1. The molecule has 0 radical (unpaired) electrons. The molecule has 7 nitrogen and oxygen atoms in total. The van der Waals surface area contributed by atoms with Crippen LogP contribution in [-0.2, 0) is 4.74 Å². The van der Waals surface area contributed by atoms with Crippen LogP contribution in [0.3, 0.4) is 0 Å². The number of ether oxygens (including phenoxy) is 1. The van der Waals surface area contributed by atoms with Crippen molar-refractivity contribution in [1.82, 2.24) is 14.9 Å². The smallest absolute Gasteiger partial charge is 0.410 e. The summed E-state index contributed by atoms with van der Waals surface area (Å²) in [6, 6.07) is 2.28. The number of nitrogens with zero attached hydrogens (tertiary/aromatic N) is 4. The van der Waals surface area contributed by atoms with Gasteiger partial charge < -0.3 is 19.9 Å². The Bertz CT molecular complexity index is 565. The lowest BCUT2D eigenvalue weighted by molar-refractivity contribution is 0.0445. The predicted molar refractivity (Wildman–Crippen MR) is 84.1 cm³/mol. The molecule has 1 aromatic rings. The van der Waals surface area contributed by atoms with Gasteiger partial charge in [-0.2, -0.15) is 0 Å². The standard InChI is InChI=1S/C15H23N5O2/c1-11(2)18-12-7-13(17-10-16-12)20-6-4-5-15(9-20)8-19(3)14(21)22-15/h7,10-11H,4-6,8-9H2,1-3H3,(H,16,17,18)/t15-/m0/s1. The van der Waals surface area contributed by atoms with Crippen molar-refractivity contribution < 1.29 is 9.53 Å². The van der Waals surface area contributed by atoms with Crippen LogP contribution in [0, 0.1) is 0 Å². The molecule has 0 aromatic carbocycles. The summed E-state index contributed by atoms with van der Waals surface area (Å²) in [6.07, 6.45) is 3.24. The van der Waals surface area contributed by atoms with E-state index < -0.39 is 5.60 Å². The molecule has 2 saturated heterocycles. The minimum absolute atomic E-state index is 0.230. The summed E-state index contributed by atoms with van der Waals surface area (Å²) in [5.74, 6) is 1.70. The Morgan fingerprint density at radius 3 is 2.86 bits per heavy atom. The molecule has 1 atom stereocenters. The van der Waals surface area contributed by atoms with Crippen molar-refractivity contribution in [3.63, 3.8) is 0 Å². The summed E-state index contributed by atoms with van der Waals surface area (Å²) in [7, 11) is 1.78. The van der Waals surface area contributed by atoms with Gasteiger partial charge in [0.1, 0.15) is 23.6 Å². The van der Waals surface area contributed by atoms with Crippen LogP contribution in [0.15, 0.2) is 12.4 Å². The highest BCUT2D eigenvalue weighted by Gasteiger charge is 2.46. The average molecular weight is 305 g/mol. The number of likely N-dealkylation sites (N-methyl/N-ethyl adjacent to an activating group) is 1. The van der Waals surface area contributed by atoms with E-state index in [1.165, 1.54) is 0 Å². The van der Waals surface area contributed by atoms with Crippen molar-refractivity contribution >= 4 is 17.7 Å². The minimum Gasteiger partial charge on any atom is -0.439 e. The predicted octanol–water partition coefficient (Wildman–Crippen LogP) is 1.72. The van der Waals surface area contributed by atoms with Gasteiger partial charge in [-0.25, -0.2) is 14.8 Å². The molecule has 2 aliphatic heterocycles. The van der Waals surface area contributed by atoms with Gasteiger partial charge in [-0.15, -0.1) is 0 Å². The van der Waals surface area contributed by atoms with E-state index >= 15 is 0 Å². The summed E-state index contributed by atoms with van der Waals surface area (Å²) in [5, 5.41) is 3.29. The molecule has 2 aliphatic rings. The van der Waals surface area contributed by atoms with E-state index in [-0.39, 0.29) is 6.09 Å². The molecule has 22 heavy (non-hydrogen) atoms. The summed E-state index contributed by atoms with van der Waals surface area (Å²) in [5.41, 5.74) is -0.402. The van der Waals surface area contributed by atoms with Crippen LogP contribution < -0.4 is 10.2 Å². The summed E-state index contributed by atoms with van der Waals surface area (Å²) < 4.78 is 5.63. The Kier molecular flexibility index (Phi) is 3.80. The Labute approximate surface area is 130 Å². The van der Waals surface area contributed by atoms with Crippen LogP contribution in [0.4, 0.5) is 16.4 Å². The topological polar surface area (TPSA) is 70.6 Å². The molecule has 0 aliphatic carbocycles. The highest BCUT2D eigenvalue weighted by Crippen LogP contribution is 2.33. The van der Waals surface area contributed by atoms with Crippen molar-refractivity contribution in [2.24, 2.45) is 0 Å². The summed E-state index contributed by atoms with van der Waals surface area (Å²) in [6.45, 7) is 6.39.